The number of nitrogens with one attached hydrogen (secondary N) is 5. The molecule has 0 aromatic heterocycles. The summed E-state index contributed by atoms with van der Waals surface area (Å²) in [6.45, 7) is 1.46. The molecule has 2 aromatic carbocycles. The van der Waals surface area contributed by atoms with Gasteiger partial charge in [0.1, 0.15) is 24.2 Å². The van der Waals surface area contributed by atoms with Gasteiger partial charge < -0.3 is 31.7 Å². The van der Waals surface area contributed by atoms with Crippen molar-refractivity contribution < 1.29 is 33.9 Å². The predicted octanol–water partition coefficient (Wildman–Crippen LogP) is 1.66. The van der Waals surface area contributed by atoms with Crippen molar-refractivity contribution in [1.29, 1.82) is 0 Å². The number of amides is 5. The molecule has 3 heterocycles. The molecule has 2 bridgehead atoms. The molecule has 2 aromatic rings. The molecule has 5 amide bonds. The predicted molar refractivity (Wildman–Crippen MR) is 169 cm³/mol. The van der Waals surface area contributed by atoms with Gasteiger partial charge in [0.25, 0.3) is 0 Å². The van der Waals surface area contributed by atoms with E-state index >= 15 is 0 Å². The second kappa shape index (κ2) is 15.9. The van der Waals surface area contributed by atoms with E-state index in [1.165, 1.54) is 6.92 Å². The second-order valence-electron chi connectivity index (χ2n) is 11.1. The summed E-state index contributed by atoms with van der Waals surface area (Å²) in [6, 6.07) is 10.9. The number of hydrogen-bond acceptors (Lipinski definition) is 7. The molecule has 0 fully saturated rings. The first-order valence-corrected chi connectivity index (χ1v) is 15.7. The van der Waals surface area contributed by atoms with Crippen molar-refractivity contribution in [3.63, 3.8) is 0 Å². The largest absolute Gasteiger partial charge is 0.480 e. The van der Waals surface area contributed by atoms with E-state index in [4.69, 9.17) is 0 Å². The Bertz CT molecular complexity index is 1430. The Labute approximate surface area is 265 Å². The molecule has 0 spiro atoms. The summed E-state index contributed by atoms with van der Waals surface area (Å²) < 4.78 is 0. The van der Waals surface area contributed by atoms with Crippen molar-refractivity contribution in [2.24, 2.45) is 0 Å². The smallest absolute Gasteiger partial charge is 0.326 e. The number of thioether (sulfide) groups is 1. The summed E-state index contributed by atoms with van der Waals surface area (Å²) >= 11 is 1.54. The Kier molecular flexibility index (Phi) is 11.7. The Balaban J connectivity index is 1.60. The highest BCUT2D eigenvalue weighted by Gasteiger charge is 2.31. The zero-order valence-electron chi connectivity index (χ0n) is 24.8. The van der Waals surface area contributed by atoms with E-state index < -0.39 is 59.7 Å². The Morgan fingerprint density at radius 3 is 2.18 bits per heavy atom. The van der Waals surface area contributed by atoms with E-state index in [1.807, 2.05) is 17.6 Å². The van der Waals surface area contributed by atoms with Crippen LogP contribution in [0.4, 0.5) is 5.69 Å². The number of rotatable bonds is 5. The van der Waals surface area contributed by atoms with E-state index in [0.717, 1.165) is 12.0 Å². The van der Waals surface area contributed by atoms with Gasteiger partial charge in [-0.2, -0.15) is 0 Å². The molecule has 45 heavy (non-hydrogen) atoms. The lowest BCUT2D eigenvalue weighted by molar-refractivity contribution is -0.142. The average Bonchev–Trinajstić information content (AvgIpc) is 3.53. The lowest BCUT2D eigenvalue weighted by Crippen LogP contribution is -2.57. The zero-order chi connectivity index (χ0) is 32.3. The summed E-state index contributed by atoms with van der Waals surface area (Å²) in [6.07, 6.45) is 2.73. The van der Waals surface area contributed by atoms with Crippen molar-refractivity contribution in [1.82, 2.24) is 21.3 Å². The molecule has 238 valence electrons. The standard InChI is InChI=1S/C32H37N5O7S/c1-19-29(40)36-24(16-20-6-3-2-4-7-20)31(42)37-26(32(43)44)17-21-9-11-22(12-10-21)34-27(38)13-14-28(39)35-25(30(41)33-19)18-23-8-5-15-45-23/h2-7,9-12,15,19,23-26H,8,13-14,16-18H2,1H3,(H,33,41)(H,34,38)(H,35,39)(H,36,40)(H,37,42)(H,43,44)/t19-,23?,24+,25+,26-/m0/s1. The van der Waals surface area contributed by atoms with Crippen LogP contribution in [-0.2, 0) is 41.6 Å². The number of carbonyl (C=O) groups is 6. The molecular formula is C32H37N5O7S. The van der Waals surface area contributed by atoms with Crippen LogP contribution in [0.5, 0.6) is 0 Å². The minimum absolute atomic E-state index is 0.0482. The fourth-order valence-corrected chi connectivity index (χ4v) is 5.93. The first kappa shape index (κ1) is 33.2. The van der Waals surface area contributed by atoms with Gasteiger partial charge in [-0.1, -0.05) is 48.5 Å². The molecule has 1 unspecified atom stereocenters. The van der Waals surface area contributed by atoms with Crippen LogP contribution in [0.3, 0.4) is 0 Å². The molecule has 0 radical (unpaired) electrons. The quantitative estimate of drug-likeness (QED) is 0.268. The number of benzene rings is 2. The van der Waals surface area contributed by atoms with Crippen molar-refractivity contribution in [2.45, 2.75) is 74.9 Å². The maximum absolute atomic E-state index is 13.5. The number of hydrogen-bond donors (Lipinski definition) is 6. The van der Waals surface area contributed by atoms with Gasteiger partial charge >= 0.3 is 5.97 Å². The molecule has 6 N–H and O–H groups in total. The monoisotopic (exact) mass is 635 g/mol. The van der Waals surface area contributed by atoms with Gasteiger partial charge in [0.2, 0.25) is 29.5 Å². The van der Waals surface area contributed by atoms with Crippen LogP contribution >= 0.6 is 11.8 Å². The van der Waals surface area contributed by atoms with E-state index in [9.17, 15) is 33.9 Å². The van der Waals surface area contributed by atoms with Crippen molar-refractivity contribution in [3.05, 3.63) is 77.2 Å². The molecule has 5 rings (SSSR count). The van der Waals surface area contributed by atoms with Crippen LogP contribution in [0, 0.1) is 0 Å². The molecule has 0 saturated carbocycles. The van der Waals surface area contributed by atoms with Crippen LogP contribution in [0.1, 0.15) is 43.7 Å². The second-order valence-corrected chi connectivity index (χ2v) is 12.3. The van der Waals surface area contributed by atoms with Crippen LogP contribution < -0.4 is 26.6 Å². The van der Waals surface area contributed by atoms with Gasteiger partial charge in [0.15, 0.2) is 0 Å². The summed E-state index contributed by atoms with van der Waals surface area (Å²) in [5, 5.41) is 25.1. The zero-order valence-corrected chi connectivity index (χ0v) is 25.6. The third-order valence-corrected chi connectivity index (χ3v) is 8.57. The number of carbonyl (C=O) groups excluding carboxylic acids is 5. The van der Waals surface area contributed by atoms with Gasteiger partial charge in [0, 0.05) is 36.6 Å². The minimum atomic E-state index is -1.31. The normalized spacial score (nSPS) is 25.3. The number of allylic oxidation sites excluding steroid dienone is 1. The highest BCUT2D eigenvalue weighted by molar-refractivity contribution is 8.03. The van der Waals surface area contributed by atoms with Crippen LogP contribution in [-0.4, -0.2) is 70.0 Å². The highest BCUT2D eigenvalue weighted by atomic mass is 32.2. The van der Waals surface area contributed by atoms with E-state index in [0.29, 0.717) is 17.7 Å². The van der Waals surface area contributed by atoms with Gasteiger partial charge in [0.05, 0.1) is 0 Å². The Morgan fingerprint density at radius 2 is 1.51 bits per heavy atom. The molecule has 3 aliphatic heterocycles. The van der Waals surface area contributed by atoms with Crippen LogP contribution in [0.15, 0.2) is 66.1 Å². The number of aliphatic carboxylic acids is 1. The third kappa shape index (κ3) is 10.2. The summed E-state index contributed by atoms with van der Waals surface area (Å²) in [5.74, 6) is -4.10. The fraction of sp³-hybridized carbons (Fsp3) is 0.375. The molecule has 0 saturated heterocycles. The average molecular weight is 636 g/mol. The van der Waals surface area contributed by atoms with Gasteiger partial charge in [-0.05, 0) is 48.4 Å². The SMILES string of the molecule is C[C@@H]1NC(=O)[C@@H](CC2CC=CS2)NC(=O)CCC(=O)Nc2ccc(cc2)C[C@@H](C(=O)O)NC(=O)[C@@H](Cc2ccccc2)NC1=O. The van der Waals surface area contributed by atoms with E-state index in [1.54, 1.807) is 60.3 Å². The number of anilines is 1. The highest BCUT2D eigenvalue weighted by Crippen LogP contribution is 2.28. The summed E-state index contributed by atoms with van der Waals surface area (Å²) in [7, 11) is 0. The first-order chi connectivity index (χ1) is 21.6. The molecule has 12 nitrogen and oxygen atoms in total. The van der Waals surface area contributed by atoms with E-state index in [-0.39, 0.29) is 30.9 Å². The lowest BCUT2D eigenvalue weighted by atomic mass is 10.0. The van der Waals surface area contributed by atoms with E-state index in [2.05, 4.69) is 26.6 Å². The van der Waals surface area contributed by atoms with Crippen LogP contribution in [0.2, 0.25) is 0 Å². The Hall–Kier alpha value is -4.65. The first-order valence-electron chi connectivity index (χ1n) is 14.7. The van der Waals surface area contributed by atoms with Crippen molar-refractivity contribution in [3.8, 4) is 0 Å². The number of carboxylic acid groups (broad SMARTS) is 1. The van der Waals surface area contributed by atoms with Crippen molar-refractivity contribution >= 4 is 53.0 Å². The molecular weight excluding hydrogens is 598 g/mol. The van der Waals surface area contributed by atoms with Gasteiger partial charge in [-0.3, -0.25) is 24.0 Å². The summed E-state index contributed by atoms with van der Waals surface area (Å²) in [4.78, 5) is 77.6. The maximum atomic E-state index is 13.5. The fourth-order valence-electron chi connectivity index (χ4n) is 4.96. The molecule has 13 heteroatoms. The minimum Gasteiger partial charge on any atom is -0.480 e. The molecule has 0 aliphatic carbocycles. The topological polar surface area (TPSA) is 183 Å². The van der Waals surface area contributed by atoms with Crippen molar-refractivity contribution in [2.75, 3.05) is 5.32 Å². The number of carboxylic acids is 1. The molecule has 3 aliphatic rings. The van der Waals surface area contributed by atoms with Gasteiger partial charge in [-0.15, -0.1) is 11.8 Å². The third-order valence-electron chi connectivity index (χ3n) is 7.46. The Morgan fingerprint density at radius 1 is 0.822 bits per heavy atom. The number of fused-ring (bicyclic) bond motifs is 18. The van der Waals surface area contributed by atoms with Crippen LogP contribution in [0.25, 0.3) is 0 Å². The van der Waals surface area contributed by atoms with Gasteiger partial charge in [-0.25, -0.2) is 4.79 Å². The molecule has 5 atom stereocenters. The lowest BCUT2D eigenvalue weighted by Gasteiger charge is -2.25. The summed E-state index contributed by atoms with van der Waals surface area (Å²) in [5.41, 5.74) is 1.77. The maximum Gasteiger partial charge on any atom is 0.326 e.